The number of aryl methyl sites for hydroxylation is 2. The summed E-state index contributed by atoms with van der Waals surface area (Å²) in [5, 5.41) is 3.72. The van der Waals surface area contributed by atoms with Crippen molar-refractivity contribution < 1.29 is 0 Å². The van der Waals surface area contributed by atoms with E-state index < -0.39 is 0 Å². The topological polar surface area (TPSA) is 42.7 Å². The van der Waals surface area contributed by atoms with Gasteiger partial charge in [0, 0.05) is 12.7 Å². The number of halogens is 1. The molecule has 0 saturated heterocycles. The van der Waals surface area contributed by atoms with Gasteiger partial charge in [-0.2, -0.15) is 0 Å². The normalized spacial score (nSPS) is 11.2. The lowest BCUT2D eigenvalue weighted by Crippen LogP contribution is -2.06. The van der Waals surface area contributed by atoms with Crippen LogP contribution >= 0.6 is 11.6 Å². The molecule has 0 amide bonds. The van der Waals surface area contributed by atoms with Gasteiger partial charge in [0.15, 0.2) is 5.82 Å². The molecule has 0 bridgehead atoms. The Hall–Kier alpha value is -1.91. The number of benzene rings is 1. The SMILES string of the molecule is CNCc1cnc(-n2cnc3cc(C)c(C)cc32)c(Cl)c1. The summed E-state index contributed by atoms with van der Waals surface area (Å²) in [6.45, 7) is 4.93. The second-order valence-electron chi connectivity index (χ2n) is 5.22. The monoisotopic (exact) mass is 300 g/mol. The van der Waals surface area contributed by atoms with Crippen molar-refractivity contribution in [3.05, 3.63) is 52.4 Å². The van der Waals surface area contributed by atoms with Gasteiger partial charge in [0.05, 0.1) is 16.1 Å². The average molecular weight is 301 g/mol. The minimum atomic E-state index is 0.625. The molecule has 2 heterocycles. The molecule has 0 unspecified atom stereocenters. The number of rotatable bonds is 3. The molecule has 3 aromatic rings. The highest BCUT2D eigenvalue weighted by Crippen LogP contribution is 2.25. The van der Waals surface area contributed by atoms with Crippen molar-refractivity contribution in [3.63, 3.8) is 0 Å². The third-order valence-corrected chi connectivity index (χ3v) is 3.93. The Balaban J connectivity index is 2.14. The van der Waals surface area contributed by atoms with E-state index in [9.17, 15) is 0 Å². The van der Waals surface area contributed by atoms with Gasteiger partial charge in [-0.25, -0.2) is 9.97 Å². The fourth-order valence-electron chi connectivity index (χ4n) is 2.38. The van der Waals surface area contributed by atoms with Crippen LogP contribution < -0.4 is 5.32 Å². The van der Waals surface area contributed by atoms with Crippen LogP contribution in [-0.2, 0) is 6.54 Å². The fraction of sp³-hybridized carbons (Fsp3) is 0.250. The minimum absolute atomic E-state index is 0.625. The van der Waals surface area contributed by atoms with Gasteiger partial charge in [-0.3, -0.25) is 4.57 Å². The molecule has 0 saturated carbocycles. The fourth-order valence-corrected chi connectivity index (χ4v) is 2.66. The van der Waals surface area contributed by atoms with Crippen molar-refractivity contribution in [1.82, 2.24) is 19.9 Å². The van der Waals surface area contributed by atoms with Crippen molar-refractivity contribution in [2.24, 2.45) is 0 Å². The maximum atomic E-state index is 6.39. The van der Waals surface area contributed by atoms with E-state index in [1.807, 2.05) is 23.9 Å². The van der Waals surface area contributed by atoms with Gasteiger partial charge in [0.25, 0.3) is 0 Å². The van der Waals surface area contributed by atoms with Crippen LogP contribution in [0.4, 0.5) is 0 Å². The van der Waals surface area contributed by atoms with E-state index in [1.54, 1.807) is 6.33 Å². The molecule has 0 atom stereocenters. The maximum Gasteiger partial charge on any atom is 0.157 e. The molecule has 0 spiro atoms. The van der Waals surface area contributed by atoms with E-state index in [-0.39, 0.29) is 0 Å². The summed E-state index contributed by atoms with van der Waals surface area (Å²) >= 11 is 6.39. The maximum absolute atomic E-state index is 6.39. The second-order valence-corrected chi connectivity index (χ2v) is 5.63. The van der Waals surface area contributed by atoms with E-state index in [0.29, 0.717) is 10.8 Å². The van der Waals surface area contributed by atoms with Crippen molar-refractivity contribution in [2.45, 2.75) is 20.4 Å². The van der Waals surface area contributed by atoms with Gasteiger partial charge in [-0.05, 0) is 55.8 Å². The summed E-state index contributed by atoms with van der Waals surface area (Å²) in [4.78, 5) is 8.94. The highest BCUT2D eigenvalue weighted by molar-refractivity contribution is 6.32. The molecule has 4 nitrogen and oxygen atoms in total. The molecule has 0 aliphatic rings. The van der Waals surface area contributed by atoms with Crippen LogP contribution in [0, 0.1) is 13.8 Å². The summed E-state index contributed by atoms with van der Waals surface area (Å²) in [5.74, 6) is 0.710. The first-order valence-electron chi connectivity index (χ1n) is 6.84. The van der Waals surface area contributed by atoms with E-state index in [4.69, 9.17) is 11.6 Å². The predicted molar refractivity (Wildman–Crippen MR) is 86.1 cm³/mol. The third-order valence-electron chi connectivity index (χ3n) is 3.65. The number of pyridine rings is 1. The lowest BCUT2D eigenvalue weighted by molar-refractivity contribution is 0.811. The zero-order chi connectivity index (χ0) is 15.0. The minimum Gasteiger partial charge on any atom is -0.316 e. The highest BCUT2D eigenvalue weighted by atomic mass is 35.5. The third kappa shape index (κ3) is 2.52. The quantitative estimate of drug-likeness (QED) is 0.806. The highest BCUT2D eigenvalue weighted by Gasteiger charge is 2.11. The predicted octanol–water partition coefficient (Wildman–Crippen LogP) is 3.41. The summed E-state index contributed by atoms with van der Waals surface area (Å²) < 4.78 is 1.94. The number of aromatic nitrogens is 3. The van der Waals surface area contributed by atoms with Gasteiger partial charge in [-0.1, -0.05) is 11.6 Å². The molecule has 108 valence electrons. The van der Waals surface area contributed by atoms with Gasteiger partial charge in [0.1, 0.15) is 6.33 Å². The van der Waals surface area contributed by atoms with Crippen LogP contribution in [0.2, 0.25) is 5.02 Å². The Morgan fingerprint density at radius 2 is 1.90 bits per heavy atom. The van der Waals surface area contributed by atoms with E-state index in [2.05, 4.69) is 41.3 Å². The molecule has 0 aliphatic heterocycles. The molecule has 2 aromatic heterocycles. The number of fused-ring (bicyclic) bond motifs is 1. The molecule has 1 N–H and O–H groups in total. The zero-order valence-corrected chi connectivity index (χ0v) is 13.1. The molecular weight excluding hydrogens is 284 g/mol. The summed E-state index contributed by atoms with van der Waals surface area (Å²) in [6, 6.07) is 6.15. The van der Waals surface area contributed by atoms with Crippen molar-refractivity contribution in [3.8, 4) is 5.82 Å². The van der Waals surface area contributed by atoms with E-state index in [1.165, 1.54) is 11.1 Å². The Kier molecular flexibility index (Phi) is 3.66. The lowest BCUT2D eigenvalue weighted by atomic mass is 10.1. The summed E-state index contributed by atoms with van der Waals surface area (Å²) in [6.07, 6.45) is 3.61. The largest absolute Gasteiger partial charge is 0.316 e. The number of nitrogens with one attached hydrogen (secondary N) is 1. The van der Waals surface area contributed by atoms with Crippen molar-refractivity contribution in [1.29, 1.82) is 0 Å². The van der Waals surface area contributed by atoms with Gasteiger partial charge < -0.3 is 5.32 Å². The Bertz CT molecular complexity index is 807. The standard InChI is InChI=1S/C16H17ClN4/c1-10-4-14-15(5-11(10)2)21(9-20-14)16-13(17)6-12(7-18-3)8-19-16/h4-6,8-9,18H,7H2,1-3H3. The number of imidazole rings is 1. The molecule has 3 rings (SSSR count). The van der Waals surface area contributed by atoms with Gasteiger partial charge >= 0.3 is 0 Å². The molecule has 21 heavy (non-hydrogen) atoms. The van der Waals surface area contributed by atoms with Crippen LogP contribution in [0.3, 0.4) is 0 Å². The molecule has 1 aromatic carbocycles. The first kappa shape index (κ1) is 14.0. The van der Waals surface area contributed by atoms with Crippen LogP contribution in [0.5, 0.6) is 0 Å². The first-order chi connectivity index (χ1) is 10.1. The number of hydrogen-bond acceptors (Lipinski definition) is 3. The summed E-state index contributed by atoms with van der Waals surface area (Å²) in [7, 11) is 1.90. The number of nitrogens with zero attached hydrogens (tertiary/aromatic N) is 3. The van der Waals surface area contributed by atoms with E-state index >= 15 is 0 Å². The zero-order valence-electron chi connectivity index (χ0n) is 12.3. The molecule has 0 fully saturated rings. The van der Waals surface area contributed by atoms with Crippen molar-refractivity contribution >= 4 is 22.6 Å². The summed E-state index contributed by atoms with van der Waals surface area (Å²) in [5.41, 5.74) is 5.50. The molecular formula is C16H17ClN4. The Morgan fingerprint density at radius 3 is 2.62 bits per heavy atom. The van der Waals surface area contributed by atoms with E-state index in [0.717, 1.165) is 23.1 Å². The lowest BCUT2D eigenvalue weighted by Gasteiger charge is -2.08. The van der Waals surface area contributed by atoms with Crippen LogP contribution in [0.15, 0.2) is 30.7 Å². The van der Waals surface area contributed by atoms with Gasteiger partial charge in [-0.15, -0.1) is 0 Å². The molecule has 0 radical (unpaired) electrons. The molecule has 5 heteroatoms. The Labute approximate surface area is 128 Å². The average Bonchev–Trinajstić information content (AvgIpc) is 2.83. The van der Waals surface area contributed by atoms with Crippen LogP contribution in [-0.4, -0.2) is 21.6 Å². The van der Waals surface area contributed by atoms with Gasteiger partial charge in [0.2, 0.25) is 0 Å². The van der Waals surface area contributed by atoms with Crippen molar-refractivity contribution in [2.75, 3.05) is 7.05 Å². The second kappa shape index (κ2) is 5.47. The number of hydrogen-bond donors (Lipinski definition) is 1. The Morgan fingerprint density at radius 1 is 1.14 bits per heavy atom. The molecule has 0 aliphatic carbocycles. The smallest absolute Gasteiger partial charge is 0.157 e. The van der Waals surface area contributed by atoms with Crippen LogP contribution in [0.25, 0.3) is 16.9 Å². The first-order valence-corrected chi connectivity index (χ1v) is 7.21. The van der Waals surface area contributed by atoms with Crippen LogP contribution in [0.1, 0.15) is 16.7 Å².